The van der Waals surface area contributed by atoms with Gasteiger partial charge in [0.25, 0.3) is 5.78 Å². The molecule has 0 saturated carbocycles. The molecule has 0 heterocycles. The molecule has 0 aromatic rings. The average molecular weight is 236 g/mol. The number of aliphatic carboxylic acids is 1. The van der Waals surface area contributed by atoms with E-state index < -0.39 is 29.2 Å². The standard InChI is InChI=1S/C7H8O5.Cu/c1-3(8)5(4(2)9)6(10)7(11)12;/h5H,1-2H3,(H,11,12);. The van der Waals surface area contributed by atoms with Crippen molar-refractivity contribution >= 4 is 23.3 Å². The minimum atomic E-state index is -1.76. The summed E-state index contributed by atoms with van der Waals surface area (Å²) < 4.78 is 0. The largest absolute Gasteiger partial charge is 0.475 e. The van der Waals surface area contributed by atoms with Gasteiger partial charge in [-0.2, -0.15) is 0 Å². The SMILES string of the molecule is CC(=O)C(C(C)=O)C(=O)C(=O)O.[Cu]. The van der Waals surface area contributed by atoms with Crippen molar-refractivity contribution in [2.45, 2.75) is 13.8 Å². The average Bonchev–Trinajstić information content (AvgIpc) is 1.85. The Morgan fingerprint density at radius 3 is 1.38 bits per heavy atom. The molecule has 0 atom stereocenters. The summed E-state index contributed by atoms with van der Waals surface area (Å²) >= 11 is 0. The summed E-state index contributed by atoms with van der Waals surface area (Å²) in [5.41, 5.74) is 0. The molecule has 0 amide bonds. The molecule has 0 aliphatic carbocycles. The summed E-state index contributed by atoms with van der Waals surface area (Å²) in [5, 5.41) is 8.20. The third-order valence-corrected chi connectivity index (χ3v) is 1.29. The van der Waals surface area contributed by atoms with E-state index in [0.717, 1.165) is 13.8 Å². The van der Waals surface area contributed by atoms with Crippen molar-refractivity contribution in [2.75, 3.05) is 0 Å². The Labute approximate surface area is 85.0 Å². The number of carboxylic acids is 1. The molecule has 0 fully saturated rings. The summed E-state index contributed by atoms with van der Waals surface area (Å²) in [7, 11) is 0. The van der Waals surface area contributed by atoms with Gasteiger partial charge in [0, 0.05) is 17.1 Å². The van der Waals surface area contributed by atoms with Crippen LogP contribution in [0, 0.1) is 5.92 Å². The minimum absolute atomic E-state index is 0. The fraction of sp³-hybridized carbons (Fsp3) is 0.429. The Morgan fingerprint density at radius 2 is 1.31 bits per heavy atom. The Morgan fingerprint density at radius 1 is 1.00 bits per heavy atom. The molecule has 6 heteroatoms. The van der Waals surface area contributed by atoms with E-state index in [1.54, 1.807) is 0 Å². The molecule has 0 rings (SSSR count). The van der Waals surface area contributed by atoms with Crippen molar-refractivity contribution in [3.05, 3.63) is 0 Å². The van der Waals surface area contributed by atoms with Crippen molar-refractivity contribution in [1.82, 2.24) is 0 Å². The van der Waals surface area contributed by atoms with Crippen LogP contribution in [0.15, 0.2) is 0 Å². The first-order valence-electron chi connectivity index (χ1n) is 3.16. The number of rotatable bonds is 4. The predicted molar refractivity (Wildman–Crippen MR) is 37.5 cm³/mol. The van der Waals surface area contributed by atoms with Gasteiger partial charge in [0.1, 0.15) is 17.5 Å². The number of carbonyl (C=O) groups is 4. The number of hydrogen-bond acceptors (Lipinski definition) is 4. The maximum Gasteiger partial charge on any atom is 0.373 e. The Hall–Kier alpha value is -1.00. The van der Waals surface area contributed by atoms with Gasteiger partial charge in [-0.15, -0.1) is 0 Å². The van der Waals surface area contributed by atoms with Gasteiger partial charge in [-0.3, -0.25) is 14.4 Å². The number of carbonyl (C=O) groups excluding carboxylic acids is 3. The van der Waals surface area contributed by atoms with Crippen LogP contribution in [-0.2, 0) is 36.2 Å². The molecular weight excluding hydrogens is 228 g/mol. The van der Waals surface area contributed by atoms with Crippen LogP contribution in [0.5, 0.6) is 0 Å². The molecule has 0 aromatic heterocycles. The first-order valence-corrected chi connectivity index (χ1v) is 3.16. The van der Waals surface area contributed by atoms with Crippen molar-refractivity contribution in [3.8, 4) is 0 Å². The fourth-order valence-corrected chi connectivity index (χ4v) is 0.779. The van der Waals surface area contributed by atoms with Crippen LogP contribution in [0.4, 0.5) is 0 Å². The summed E-state index contributed by atoms with van der Waals surface area (Å²) in [5.74, 6) is -6.24. The van der Waals surface area contributed by atoms with E-state index in [0.29, 0.717) is 0 Å². The maximum atomic E-state index is 10.7. The van der Waals surface area contributed by atoms with E-state index in [2.05, 4.69) is 0 Å². The predicted octanol–water partition coefficient (Wildman–Crippen LogP) is -0.568. The third-order valence-electron chi connectivity index (χ3n) is 1.29. The van der Waals surface area contributed by atoms with Gasteiger partial charge in [-0.25, -0.2) is 4.79 Å². The van der Waals surface area contributed by atoms with Crippen molar-refractivity contribution < 1.29 is 41.4 Å². The molecule has 5 nitrogen and oxygen atoms in total. The van der Waals surface area contributed by atoms with Gasteiger partial charge < -0.3 is 5.11 Å². The molecule has 0 aliphatic heterocycles. The van der Waals surface area contributed by atoms with Crippen LogP contribution in [-0.4, -0.2) is 28.4 Å². The number of hydrogen-bond donors (Lipinski definition) is 1. The summed E-state index contributed by atoms with van der Waals surface area (Å²) in [6, 6.07) is 0. The number of ketones is 3. The van der Waals surface area contributed by atoms with Gasteiger partial charge in [-0.1, -0.05) is 0 Å². The van der Waals surface area contributed by atoms with E-state index in [1.807, 2.05) is 0 Å². The molecular formula is C7H8CuO5. The zero-order valence-corrected chi connectivity index (χ0v) is 7.90. The van der Waals surface area contributed by atoms with Crippen molar-refractivity contribution in [3.63, 3.8) is 0 Å². The van der Waals surface area contributed by atoms with Gasteiger partial charge in [0.05, 0.1) is 0 Å². The van der Waals surface area contributed by atoms with Gasteiger partial charge in [-0.05, 0) is 13.8 Å². The Balaban J connectivity index is 0. The van der Waals surface area contributed by atoms with Crippen LogP contribution in [0.1, 0.15) is 13.8 Å². The number of Topliss-reactive ketones (excluding diaryl/α,β-unsaturated/α-hetero) is 3. The van der Waals surface area contributed by atoms with Gasteiger partial charge >= 0.3 is 5.97 Å². The summed E-state index contributed by atoms with van der Waals surface area (Å²) in [4.78, 5) is 42.0. The third kappa shape index (κ3) is 3.96. The van der Waals surface area contributed by atoms with Crippen LogP contribution in [0.2, 0.25) is 0 Å². The van der Waals surface area contributed by atoms with Crippen LogP contribution in [0.3, 0.4) is 0 Å². The second-order valence-corrected chi connectivity index (χ2v) is 2.32. The quantitative estimate of drug-likeness (QED) is 0.401. The van der Waals surface area contributed by atoms with Crippen LogP contribution >= 0.6 is 0 Å². The Bertz CT molecular complexity index is 244. The maximum absolute atomic E-state index is 10.7. The molecule has 0 spiro atoms. The fourth-order valence-electron chi connectivity index (χ4n) is 0.779. The van der Waals surface area contributed by atoms with Crippen LogP contribution < -0.4 is 0 Å². The molecule has 1 radical (unpaired) electrons. The molecule has 0 bridgehead atoms. The molecule has 0 aliphatic rings. The number of carboxylic acid groups (broad SMARTS) is 1. The second kappa shape index (κ2) is 5.61. The first kappa shape index (κ1) is 14.5. The van der Waals surface area contributed by atoms with E-state index in [9.17, 15) is 19.2 Å². The minimum Gasteiger partial charge on any atom is -0.475 e. The van der Waals surface area contributed by atoms with E-state index in [1.165, 1.54) is 0 Å². The van der Waals surface area contributed by atoms with Crippen LogP contribution in [0.25, 0.3) is 0 Å². The first-order chi connectivity index (χ1) is 5.37. The monoisotopic (exact) mass is 235 g/mol. The van der Waals surface area contributed by atoms with E-state index >= 15 is 0 Å². The summed E-state index contributed by atoms with van der Waals surface area (Å²) in [6.45, 7) is 2.01. The zero-order valence-electron chi connectivity index (χ0n) is 6.96. The molecule has 0 unspecified atom stereocenters. The normalized spacial score (nSPS) is 8.85. The molecule has 77 valence electrons. The zero-order chi connectivity index (χ0) is 9.89. The molecule has 1 N–H and O–H groups in total. The Kier molecular flexibility index (Phi) is 6.27. The molecule has 13 heavy (non-hydrogen) atoms. The van der Waals surface area contributed by atoms with Crippen molar-refractivity contribution in [2.24, 2.45) is 5.92 Å². The topological polar surface area (TPSA) is 88.5 Å². The van der Waals surface area contributed by atoms with E-state index in [-0.39, 0.29) is 17.1 Å². The van der Waals surface area contributed by atoms with Gasteiger partial charge in [0.15, 0.2) is 0 Å². The van der Waals surface area contributed by atoms with Crippen molar-refractivity contribution in [1.29, 1.82) is 0 Å². The van der Waals surface area contributed by atoms with Gasteiger partial charge in [0.2, 0.25) is 0 Å². The second-order valence-electron chi connectivity index (χ2n) is 2.32. The smallest absolute Gasteiger partial charge is 0.373 e. The molecule has 0 saturated heterocycles. The summed E-state index contributed by atoms with van der Waals surface area (Å²) in [6.07, 6.45) is 0. The van der Waals surface area contributed by atoms with E-state index in [4.69, 9.17) is 5.11 Å². The molecule has 0 aromatic carbocycles.